The van der Waals surface area contributed by atoms with Crippen LogP contribution in [0.2, 0.25) is 0 Å². The molecule has 15 heavy (non-hydrogen) atoms. The zero-order chi connectivity index (χ0) is 11.1. The summed E-state index contributed by atoms with van der Waals surface area (Å²) >= 11 is 3.01. The van der Waals surface area contributed by atoms with E-state index in [4.69, 9.17) is 4.74 Å². The van der Waals surface area contributed by atoms with Gasteiger partial charge in [-0.25, -0.2) is 0 Å². The second kappa shape index (κ2) is 3.66. The molecule has 82 valence electrons. The molecule has 0 spiro atoms. The second-order valence-corrected chi connectivity index (χ2v) is 4.17. The summed E-state index contributed by atoms with van der Waals surface area (Å²) in [6.07, 6.45) is -0.807. The highest BCUT2D eigenvalue weighted by Crippen LogP contribution is 2.41. The van der Waals surface area contributed by atoms with Crippen molar-refractivity contribution in [3.63, 3.8) is 0 Å². The van der Waals surface area contributed by atoms with Crippen molar-refractivity contribution < 1.29 is 17.9 Å². The molecule has 1 aliphatic rings. The van der Waals surface area contributed by atoms with Crippen molar-refractivity contribution in [2.45, 2.75) is 25.1 Å². The van der Waals surface area contributed by atoms with Crippen molar-refractivity contribution in [2.24, 2.45) is 0 Å². The molecule has 0 N–H and O–H groups in total. The standard InChI is InChI=1S/C9H7BrF3NO/c10-7-4-14-3-6(9(11,12)13)8(7)15-5-1-2-5/h3-5H,1-2H2. The number of hydrogen-bond donors (Lipinski definition) is 0. The van der Waals surface area contributed by atoms with Gasteiger partial charge in [0.15, 0.2) is 0 Å². The van der Waals surface area contributed by atoms with Crippen LogP contribution in [0.3, 0.4) is 0 Å². The summed E-state index contributed by atoms with van der Waals surface area (Å²) in [4.78, 5) is 3.49. The van der Waals surface area contributed by atoms with Gasteiger partial charge in [-0.15, -0.1) is 0 Å². The third kappa shape index (κ3) is 2.42. The lowest BCUT2D eigenvalue weighted by Crippen LogP contribution is -2.10. The first-order valence-corrected chi connectivity index (χ1v) is 5.15. The van der Waals surface area contributed by atoms with Crippen LogP contribution in [0.1, 0.15) is 18.4 Å². The van der Waals surface area contributed by atoms with Crippen LogP contribution in [-0.4, -0.2) is 11.1 Å². The maximum Gasteiger partial charge on any atom is 0.421 e. The lowest BCUT2D eigenvalue weighted by atomic mass is 10.2. The molecule has 1 fully saturated rings. The van der Waals surface area contributed by atoms with Gasteiger partial charge in [-0.1, -0.05) is 0 Å². The zero-order valence-corrected chi connectivity index (χ0v) is 9.10. The van der Waals surface area contributed by atoms with Gasteiger partial charge in [-0.3, -0.25) is 4.98 Å². The normalized spacial score (nSPS) is 16.5. The van der Waals surface area contributed by atoms with E-state index in [9.17, 15) is 13.2 Å². The molecule has 1 aromatic rings. The van der Waals surface area contributed by atoms with Crippen LogP contribution in [0.4, 0.5) is 13.2 Å². The van der Waals surface area contributed by atoms with Gasteiger partial charge < -0.3 is 4.74 Å². The highest BCUT2D eigenvalue weighted by molar-refractivity contribution is 9.10. The van der Waals surface area contributed by atoms with Gasteiger partial charge in [-0.2, -0.15) is 13.2 Å². The van der Waals surface area contributed by atoms with Crippen molar-refractivity contribution in [1.82, 2.24) is 4.98 Å². The SMILES string of the molecule is FC(F)(F)c1cncc(Br)c1OC1CC1. The third-order valence-corrected chi connectivity index (χ3v) is 2.53. The number of aromatic nitrogens is 1. The molecular formula is C9H7BrF3NO. The Labute approximate surface area is 92.6 Å². The Hall–Kier alpha value is -0.780. The van der Waals surface area contributed by atoms with Gasteiger partial charge in [0.2, 0.25) is 0 Å². The Kier molecular flexibility index (Phi) is 2.62. The molecule has 0 amide bonds. The fraction of sp³-hybridized carbons (Fsp3) is 0.444. The Bertz CT molecular complexity index is 376. The number of alkyl halides is 3. The summed E-state index contributed by atoms with van der Waals surface area (Å²) < 4.78 is 43.1. The number of nitrogens with zero attached hydrogens (tertiary/aromatic N) is 1. The molecule has 0 aromatic carbocycles. The highest BCUT2D eigenvalue weighted by atomic mass is 79.9. The van der Waals surface area contributed by atoms with Gasteiger partial charge in [0.05, 0.1) is 10.6 Å². The van der Waals surface area contributed by atoms with E-state index in [1.165, 1.54) is 6.20 Å². The van der Waals surface area contributed by atoms with E-state index in [-0.39, 0.29) is 16.3 Å². The fourth-order valence-corrected chi connectivity index (χ4v) is 1.52. The Morgan fingerprint density at radius 3 is 2.53 bits per heavy atom. The van der Waals surface area contributed by atoms with Gasteiger partial charge in [0.25, 0.3) is 0 Å². The van der Waals surface area contributed by atoms with E-state index >= 15 is 0 Å². The van der Waals surface area contributed by atoms with Crippen LogP contribution in [0.15, 0.2) is 16.9 Å². The summed E-state index contributed by atoms with van der Waals surface area (Å²) in [7, 11) is 0. The molecule has 2 rings (SSSR count). The van der Waals surface area contributed by atoms with Gasteiger partial charge in [-0.05, 0) is 28.8 Å². The van der Waals surface area contributed by atoms with E-state index < -0.39 is 11.7 Å². The summed E-state index contributed by atoms with van der Waals surface area (Å²) in [5.74, 6) is -0.153. The molecule has 0 saturated heterocycles. The molecule has 0 aliphatic heterocycles. The molecular weight excluding hydrogens is 275 g/mol. The number of rotatable bonds is 2. The highest BCUT2D eigenvalue weighted by Gasteiger charge is 2.37. The van der Waals surface area contributed by atoms with Crippen molar-refractivity contribution >= 4 is 15.9 Å². The summed E-state index contributed by atoms with van der Waals surface area (Å²) in [6.45, 7) is 0. The summed E-state index contributed by atoms with van der Waals surface area (Å²) in [5.41, 5.74) is -0.830. The molecule has 1 saturated carbocycles. The molecule has 1 aromatic heterocycles. The van der Waals surface area contributed by atoms with Gasteiger partial charge in [0, 0.05) is 12.4 Å². The third-order valence-electron chi connectivity index (χ3n) is 1.97. The fourth-order valence-electron chi connectivity index (χ4n) is 1.10. The predicted octanol–water partition coefficient (Wildman–Crippen LogP) is 3.40. The maximum atomic E-state index is 12.6. The van der Waals surface area contributed by atoms with Crippen molar-refractivity contribution in [3.05, 3.63) is 22.4 Å². The molecule has 6 heteroatoms. The van der Waals surface area contributed by atoms with Gasteiger partial charge >= 0.3 is 6.18 Å². The number of pyridine rings is 1. The molecule has 2 nitrogen and oxygen atoms in total. The minimum Gasteiger partial charge on any atom is -0.488 e. The number of halogens is 4. The monoisotopic (exact) mass is 281 g/mol. The minimum absolute atomic E-state index is 0.0789. The molecule has 1 heterocycles. The average Bonchev–Trinajstić information content (AvgIpc) is 2.90. The van der Waals surface area contributed by atoms with E-state index in [1.807, 2.05) is 0 Å². The van der Waals surface area contributed by atoms with E-state index in [0.717, 1.165) is 19.0 Å². The quantitative estimate of drug-likeness (QED) is 0.829. The lowest BCUT2D eigenvalue weighted by molar-refractivity contribution is -0.139. The Balaban J connectivity index is 2.38. The first-order chi connectivity index (χ1) is 6.98. The van der Waals surface area contributed by atoms with E-state index in [1.54, 1.807) is 0 Å². The summed E-state index contributed by atoms with van der Waals surface area (Å²) in [5, 5.41) is 0. The lowest BCUT2D eigenvalue weighted by Gasteiger charge is -2.14. The van der Waals surface area contributed by atoms with Crippen molar-refractivity contribution in [1.29, 1.82) is 0 Å². The maximum absolute atomic E-state index is 12.6. The van der Waals surface area contributed by atoms with Crippen LogP contribution in [0.25, 0.3) is 0 Å². The predicted molar refractivity (Wildman–Crippen MR) is 50.6 cm³/mol. The number of ether oxygens (including phenoxy) is 1. The first-order valence-electron chi connectivity index (χ1n) is 4.36. The minimum atomic E-state index is -4.43. The first kappa shape index (κ1) is 10.7. The van der Waals surface area contributed by atoms with Crippen LogP contribution < -0.4 is 4.74 Å². The van der Waals surface area contributed by atoms with Crippen molar-refractivity contribution in [3.8, 4) is 5.75 Å². The molecule has 1 aliphatic carbocycles. The average molecular weight is 282 g/mol. The molecule has 0 unspecified atom stereocenters. The summed E-state index contributed by atoms with van der Waals surface area (Å²) in [6, 6.07) is 0. The van der Waals surface area contributed by atoms with Crippen LogP contribution >= 0.6 is 15.9 Å². The zero-order valence-electron chi connectivity index (χ0n) is 7.51. The van der Waals surface area contributed by atoms with E-state index in [0.29, 0.717) is 0 Å². The smallest absolute Gasteiger partial charge is 0.421 e. The van der Waals surface area contributed by atoms with Crippen molar-refractivity contribution in [2.75, 3.05) is 0 Å². The van der Waals surface area contributed by atoms with Crippen LogP contribution in [0.5, 0.6) is 5.75 Å². The topological polar surface area (TPSA) is 22.1 Å². The number of hydrogen-bond acceptors (Lipinski definition) is 2. The molecule has 0 atom stereocenters. The van der Waals surface area contributed by atoms with Crippen LogP contribution in [0, 0.1) is 0 Å². The second-order valence-electron chi connectivity index (χ2n) is 3.31. The Morgan fingerprint density at radius 2 is 2.00 bits per heavy atom. The Morgan fingerprint density at radius 1 is 1.33 bits per heavy atom. The largest absolute Gasteiger partial charge is 0.488 e. The molecule has 0 bridgehead atoms. The van der Waals surface area contributed by atoms with E-state index in [2.05, 4.69) is 20.9 Å². The van der Waals surface area contributed by atoms with Gasteiger partial charge in [0.1, 0.15) is 11.3 Å². The van der Waals surface area contributed by atoms with Crippen LogP contribution in [-0.2, 0) is 6.18 Å². The molecule has 0 radical (unpaired) electrons.